The SMILES string of the molecule is CC(CO)NC(=O)c1cc(Br)cc(F)c1F. The molecule has 1 unspecified atom stereocenters. The molecule has 88 valence electrons. The van der Waals surface area contributed by atoms with Gasteiger partial charge in [0.1, 0.15) is 0 Å². The van der Waals surface area contributed by atoms with Crippen LogP contribution in [0.5, 0.6) is 0 Å². The quantitative estimate of drug-likeness (QED) is 0.836. The first-order chi connectivity index (χ1) is 7.45. The van der Waals surface area contributed by atoms with Gasteiger partial charge in [0, 0.05) is 10.5 Å². The number of aliphatic hydroxyl groups excluding tert-OH is 1. The molecule has 1 atom stereocenters. The van der Waals surface area contributed by atoms with Gasteiger partial charge >= 0.3 is 0 Å². The molecule has 3 nitrogen and oxygen atoms in total. The maximum Gasteiger partial charge on any atom is 0.254 e. The maximum absolute atomic E-state index is 13.3. The van der Waals surface area contributed by atoms with E-state index in [1.807, 2.05) is 0 Å². The molecule has 0 aliphatic rings. The predicted octanol–water partition coefficient (Wildman–Crippen LogP) is 1.84. The largest absolute Gasteiger partial charge is 0.394 e. The van der Waals surface area contributed by atoms with Gasteiger partial charge < -0.3 is 10.4 Å². The summed E-state index contributed by atoms with van der Waals surface area (Å²) in [4.78, 5) is 11.5. The van der Waals surface area contributed by atoms with E-state index in [4.69, 9.17) is 5.11 Å². The van der Waals surface area contributed by atoms with Crippen molar-refractivity contribution in [1.29, 1.82) is 0 Å². The van der Waals surface area contributed by atoms with E-state index in [1.54, 1.807) is 6.92 Å². The van der Waals surface area contributed by atoms with Crippen LogP contribution in [0.15, 0.2) is 16.6 Å². The second-order valence-electron chi connectivity index (χ2n) is 3.31. The summed E-state index contributed by atoms with van der Waals surface area (Å²) < 4.78 is 26.5. The zero-order valence-electron chi connectivity index (χ0n) is 8.43. The third-order valence-corrected chi connectivity index (χ3v) is 2.35. The van der Waals surface area contributed by atoms with Crippen molar-refractivity contribution in [3.05, 3.63) is 33.8 Å². The van der Waals surface area contributed by atoms with E-state index < -0.39 is 29.1 Å². The first-order valence-electron chi connectivity index (χ1n) is 4.52. The van der Waals surface area contributed by atoms with Crippen LogP contribution in [-0.4, -0.2) is 23.7 Å². The number of amides is 1. The third-order valence-electron chi connectivity index (χ3n) is 1.89. The van der Waals surface area contributed by atoms with Crippen molar-refractivity contribution in [2.75, 3.05) is 6.61 Å². The van der Waals surface area contributed by atoms with E-state index in [-0.39, 0.29) is 11.1 Å². The molecular weight excluding hydrogens is 284 g/mol. The lowest BCUT2D eigenvalue weighted by atomic mass is 10.2. The molecule has 1 aromatic carbocycles. The van der Waals surface area contributed by atoms with Crippen molar-refractivity contribution >= 4 is 21.8 Å². The summed E-state index contributed by atoms with van der Waals surface area (Å²) in [5.74, 6) is -3.07. The molecule has 1 aromatic rings. The molecule has 0 aromatic heterocycles. The van der Waals surface area contributed by atoms with Crippen molar-refractivity contribution < 1.29 is 18.7 Å². The number of rotatable bonds is 3. The van der Waals surface area contributed by atoms with Gasteiger partial charge in [0.25, 0.3) is 5.91 Å². The zero-order chi connectivity index (χ0) is 12.3. The molecule has 0 heterocycles. The summed E-state index contributed by atoms with van der Waals surface area (Å²) in [5.41, 5.74) is -0.396. The number of aliphatic hydroxyl groups is 1. The Morgan fingerprint density at radius 3 is 2.75 bits per heavy atom. The normalized spacial score (nSPS) is 12.3. The Balaban J connectivity index is 2.99. The van der Waals surface area contributed by atoms with E-state index >= 15 is 0 Å². The molecule has 0 saturated carbocycles. The molecular formula is C10H10BrF2NO2. The Bertz CT molecular complexity index is 412. The molecule has 2 N–H and O–H groups in total. The fourth-order valence-electron chi connectivity index (χ4n) is 1.07. The number of hydrogen-bond acceptors (Lipinski definition) is 2. The highest BCUT2D eigenvalue weighted by Crippen LogP contribution is 2.19. The number of benzene rings is 1. The van der Waals surface area contributed by atoms with E-state index in [2.05, 4.69) is 21.2 Å². The van der Waals surface area contributed by atoms with Crippen molar-refractivity contribution in [1.82, 2.24) is 5.32 Å². The summed E-state index contributed by atoms with van der Waals surface area (Å²) in [6.45, 7) is 1.27. The van der Waals surface area contributed by atoms with E-state index in [9.17, 15) is 13.6 Å². The van der Waals surface area contributed by atoms with Crippen LogP contribution in [0.4, 0.5) is 8.78 Å². The van der Waals surface area contributed by atoms with Crippen molar-refractivity contribution in [3.8, 4) is 0 Å². The van der Waals surface area contributed by atoms with Crippen LogP contribution >= 0.6 is 15.9 Å². The third kappa shape index (κ3) is 2.99. The Hall–Kier alpha value is -1.01. The van der Waals surface area contributed by atoms with Crippen LogP contribution in [-0.2, 0) is 0 Å². The lowest BCUT2D eigenvalue weighted by Crippen LogP contribution is -2.35. The first-order valence-corrected chi connectivity index (χ1v) is 5.31. The molecule has 0 bridgehead atoms. The van der Waals surface area contributed by atoms with Gasteiger partial charge in [-0.2, -0.15) is 0 Å². The number of carbonyl (C=O) groups excluding carboxylic acids is 1. The van der Waals surface area contributed by atoms with Crippen LogP contribution in [0, 0.1) is 11.6 Å². The van der Waals surface area contributed by atoms with Crippen molar-refractivity contribution in [2.24, 2.45) is 0 Å². The first kappa shape index (κ1) is 13.1. The minimum Gasteiger partial charge on any atom is -0.394 e. The van der Waals surface area contributed by atoms with Crippen LogP contribution in [0.25, 0.3) is 0 Å². The highest BCUT2D eigenvalue weighted by molar-refractivity contribution is 9.10. The maximum atomic E-state index is 13.3. The Morgan fingerprint density at radius 1 is 1.56 bits per heavy atom. The second-order valence-corrected chi connectivity index (χ2v) is 4.22. The van der Waals surface area contributed by atoms with Gasteiger partial charge in [-0.15, -0.1) is 0 Å². The minimum absolute atomic E-state index is 0.271. The fraction of sp³-hybridized carbons (Fsp3) is 0.300. The van der Waals surface area contributed by atoms with Gasteiger partial charge in [-0.05, 0) is 19.1 Å². The zero-order valence-corrected chi connectivity index (χ0v) is 10.0. The molecule has 0 radical (unpaired) electrons. The van der Waals surface area contributed by atoms with Crippen molar-refractivity contribution in [3.63, 3.8) is 0 Å². The van der Waals surface area contributed by atoms with E-state index in [0.29, 0.717) is 0 Å². The van der Waals surface area contributed by atoms with Gasteiger partial charge in [-0.3, -0.25) is 4.79 Å². The molecule has 1 amide bonds. The van der Waals surface area contributed by atoms with Crippen LogP contribution in [0.1, 0.15) is 17.3 Å². The monoisotopic (exact) mass is 293 g/mol. The lowest BCUT2D eigenvalue weighted by molar-refractivity contribution is 0.0917. The summed E-state index contributed by atoms with van der Waals surface area (Å²) in [7, 11) is 0. The molecule has 0 aliphatic heterocycles. The molecule has 1 rings (SSSR count). The number of hydrogen-bond donors (Lipinski definition) is 2. The Morgan fingerprint density at radius 2 is 2.19 bits per heavy atom. The Kier molecular flexibility index (Phi) is 4.37. The second kappa shape index (κ2) is 5.36. The summed E-state index contributed by atoms with van der Waals surface area (Å²) >= 11 is 2.96. The summed E-state index contributed by atoms with van der Waals surface area (Å²) in [6.07, 6.45) is 0. The van der Waals surface area contributed by atoms with Crippen molar-refractivity contribution in [2.45, 2.75) is 13.0 Å². The molecule has 0 saturated heterocycles. The molecule has 0 spiro atoms. The highest BCUT2D eigenvalue weighted by atomic mass is 79.9. The summed E-state index contributed by atoms with van der Waals surface area (Å²) in [5, 5.41) is 11.0. The number of nitrogens with one attached hydrogen (secondary N) is 1. The topological polar surface area (TPSA) is 49.3 Å². The highest BCUT2D eigenvalue weighted by Gasteiger charge is 2.17. The van der Waals surface area contributed by atoms with Gasteiger partial charge in [0.05, 0.1) is 12.2 Å². The van der Waals surface area contributed by atoms with E-state index in [1.165, 1.54) is 6.07 Å². The smallest absolute Gasteiger partial charge is 0.254 e. The van der Waals surface area contributed by atoms with Gasteiger partial charge in [-0.1, -0.05) is 15.9 Å². The van der Waals surface area contributed by atoms with Gasteiger partial charge in [-0.25, -0.2) is 8.78 Å². The number of carbonyl (C=O) groups is 1. The molecule has 0 aliphatic carbocycles. The average Bonchev–Trinajstić information content (AvgIpc) is 2.22. The lowest BCUT2D eigenvalue weighted by Gasteiger charge is -2.11. The molecule has 16 heavy (non-hydrogen) atoms. The molecule has 6 heteroatoms. The Labute approximate surface area is 99.6 Å². The summed E-state index contributed by atoms with van der Waals surface area (Å²) in [6, 6.07) is 1.59. The predicted molar refractivity (Wildman–Crippen MR) is 58.1 cm³/mol. The van der Waals surface area contributed by atoms with Gasteiger partial charge in [0.15, 0.2) is 11.6 Å². The minimum atomic E-state index is -1.20. The van der Waals surface area contributed by atoms with Gasteiger partial charge in [0.2, 0.25) is 0 Å². The number of halogens is 3. The van der Waals surface area contributed by atoms with Crippen LogP contribution in [0.2, 0.25) is 0 Å². The van der Waals surface area contributed by atoms with Crippen LogP contribution in [0.3, 0.4) is 0 Å². The van der Waals surface area contributed by atoms with Crippen LogP contribution < -0.4 is 5.32 Å². The standard InChI is InChI=1S/C10H10BrF2NO2/c1-5(4-15)14-10(16)7-2-6(11)3-8(12)9(7)13/h2-3,5,15H,4H2,1H3,(H,14,16). The van der Waals surface area contributed by atoms with E-state index in [0.717, 1.165) is 6.07 Å². The fourth-order valence-corrected chi connectivity index (χ4v) is 1.50. The molecule has 0 fully saturated rings. The average molecular weight is 294 g/mol.